The van der Waals surface area contributed by atoms with Crippen LogP contribution < -0.4 is 5.32 Å². The maximum Gasteiger partial charge on any atom is 0.408 e. The molecule has 1 N–H and O–H groups in total. The van der Waals surface area contributed by atoms with Crippen molar-refractivity contribution in [2.45, 2.75) is 19.1 Å². The summed E-state index contributed by atoms with van der Waals surface area (Å²) in [7, 11) is 0. The molecule has 1 atom stereocenters. The van der Waals surface area contributed by atoms with E-state index in [-0.39, 0.29) is 0 Å². The molecule has 0 amide bonds. The number of hydrogen-bond acceptors (Lipinski definition) is 3. The Morgan fingerprint density at radius 2 is 2.00 bits per heavy atom. The van der Waals surface area contributed by atoms with Gasteiger partial charge in [0.15, 0.2) is 0 Å². The van der Waals surface area contributed by atoms with Gasteiger partial charge >= 0.3 is 6.18 Å². The highest BCUT2D eigenvalue weighted by atomic mass is 32.1. The fourth-order valence-electron chi connectivity index (χ4n) is 2.13. The normalized spacial score (nSPS) is 20.5. The number of halogens is 3. The Bertz CT molecular complexity index is 369. The van der Waals surface area contributed by atoms with Crippen LogP contribution in [-0.4, -0.2) is 37.3 Å². The summed E-state index contributed by atoms with van der Waals surface area (Å²) in [6, 6.07) is 0.311. The predicted molar refractivity (Wildman–Crippen MR) is 62.3 cm³/mol. The van der Waals surface area contributed by atoms with Gasteiger partial charge in [-0.25, -0.2) is 0 Å². The molecule has 6 heteroatoms. The summed E-state index contributed by atoms with van der Waals surface area (Å²) in [6.07, 6.45) is -4.20. The largest absolute Gasteiger partial charge is 0.408 e. The molecule has 0 saturated carbocycles. The first-order valence-corrected chi connectivity index (χ1v) is 6.43. The van der Waals surface area contributed by atoms with E-state index in [0.29, 0.717) is 31.1 Å². The lowest BCUT2D eigenvalue weighted by Crippen LogP contribution is -2.48. The molecule has 0 radical (unpaired) electrons. The molecule has 2 heterocycles. The minimum Gasteiger partial charge on any atom is -0.314 e. The van der Waals surface area contributed by atoms with E-state index < -0.39 is 12.2 Å². The van der Waals surface area contributed by atoms with E-state index in [1.54, 1.807) is 18.4 Å². The van der Waals surface area contributed by atoms with Crippen LogP contribution in [0, 0.1) is 6.92 Å². The number of aryl methyl sites for hydroxylation is 1. The quantitative estimate of drug-likeness (QED) is 0.883. The third-order valence-electron chi connectivity index (χ3n) is 2.98. The van der Waals surface area contributed by atoms with Gasteiger partial charge in [0.05, 0.1) is 0 Å². The van der Waals surface area contributed by atoms with E-state index in [4.69, 9.17) is 0 Å². The average molecular weight is 264 g/mol. The number of rotatable bonds is 2. The summed E-state index contributed by atoms with van der Waals surface area (Å²) in [6.45, 7) is 3.88. The van der Waals surface area contributed by atoms with Crippen LogP contribution >= 0.6 is 11.3 Å². The monoisotopic (exact) mass is 264 g/mol. The smallest absolute Gasteiger partial charge is 0.314 e. The molecule has 17 heavy (non-hydrogen) atoms. The third-order valence-corrected chi connectivity index (χ3v) is 4.05. The van der Waals surface area contributed by atoms with E-state index in [1.807, 2.05) is 0 Å². The van der Waals surface area contributed by atoms with Gasteiger partial charge < -0.3 is 5.32 Å². The van der Waals surface area contributed by atoms with Gasteiger partial charge in [0.25, 0.3) is 0 Å². The van der Waals surface area contributed by atoms with Crippen LogP contribution in [0.4, 0.5) is 13.2 Å². The van der Waals surface area contributed by atoms with Crippen molar-refractivity contribution in [2.75, 3.05) is 26.2 Å². The van der Waals surface area contributed by atoms with E-state index in [2.05, 4.69) is 5.32 Å². The molecule has 0 bridgehead atoms. The second-order valence-corrected chi connectivity index (χ2v) is 5.15. The Hall–Kier alpha value is -0.590. The van der Waals surface area contributed by atoms with E-state index in [1.165, 1.54) is 16.2 Å². The predicted octanol–water partition coefficient (Wildman–Crippen LogP) is 2.57. The molecule has 1 fully saturated rings. The van der Waals surface area contributed by atoms with Crippen molar-refractivity contribution >= 4 is 11.3 Å². The van der Waals surface area contributed by atoms with Gasteiger partial charge in [0, 0.05) is 31.1 Å². The SMILES string of the molecule is Cc1ccsc1[C@H](N1CCNCC1)C(F)(F)F. The van der Waals surface area contributed by atoms with Crippen LogP contribution in [0.25, 0.3) is 0 Å². The molecular weight excluding hydrogens is 249 g/mol. The Labute approximate surface area is 102 Å². The van der Waals surface area contributed by atoms with Crippen molar-refractivity contribution < 1.29 is 13.2 Å². The number of nitrogens with one attached hydrogen (secondary N) is 1. The van der Waals surface area contributed by atoms with Gasteiger partial charge in [-0.15, -0.1) is 11.3 Å². The Morgan fingerprint density at radius 3 is 2.47 bits per heavy atom. The molecular formula is C11H15F3N2S. The minimum atomic E-state index is -4.20. The highest BCUT2D eigenvalue weighted by Gasteiger charge is 2.46. The second kappa shape index (κ2) is 4.96. The number of nitrogens with zero attached hydrogens (tertiary/aromatic N) is 1. The summed E-state index contributed by atoms with van der Waals surface area (Å²) < 4.78 is 39.6. The second-order valence-electron chi connectivity index (χ2n) is 4.20. The highest BCUT2D eigenvalue weighted by Crippen LogP contribution is 2.41. The van der Waals surface area contributed by atoms with Crippen molar-refractivity contribution in [2.24, 2.45) is 0 Å². The molecule has 1 aromatic heterocycles. The molecule has 96 valence electrons. The summed E-state index contributed by atoms with van der Waals surface area (Å²) in [5.74, 6) is 0. The topological polar surface area (TPSA) is 15.3 Å². The zero-order chi connectivity index (χ0) is 12.5. The lowest BCUT2D eigenvalue weighted by atomic mass is 10.1. The molecule has 1 aromatic rings. The number of piperazine rings is 1. The lowest BCUT2D eigenvalue weighted by Gasteiger charge is -2.35. The summed E-state index contributed by atoms with van der Waals surface area (Å²) >= 11 is 1.20. The number of thiophene rings is 1. The molecule has 0 unspecified atom stereocenters. The minimum absolute atomic E-state index is 0.430. The molecule has 0 aliphatic carbocycles. The Kier molecular flexibility index (Phi) is 3.75. The molecule has 1 aliphatic heterocycles. The number of hydrogen-bond donors (Lipinski definition) is 1. The van der Waals surface area contributed by atoms with Crippen LogP contribution in [0.2, 0.25) is 0 Å². The number of alkyl halides is 3. The molecule has 1 saturated heterocycles. The van der Waals surface area contributed by atoms with Crippen LogP contribution in [0.5, 0.6) is 0 Å². The van der Waals surface area contributed by atoms with Gasteiger partial charge in [-0.3, -0.25) is 4.90 Å². The Morgan fingerprint density at radius 1 is 1.35 bits per heavy atom. The van der Waals surface area contributed by atoms with Gasteiger partial charge in [-0.05, 0) is 23.9 Å². The lowest BCUT2D eigenvalue weighted by molar-refractivity contribution is -0.187. The van der Waals surface area contributed by atoms with E-state index >= 15 is 0 Å². The zero-order valence-electron chi connectivity index (χ0n) is 9.55. The summed E-state index contributed by atoms with van der Waals surface area (Å²) in [5.41, 5.74) is 0.732. The van der Waals surface area contributed by atoms with Gasteiger partial charge in [0.1, 0.15) is 6.04 Å². The van der Waals surface area contributed by atoms with Crippen molar-refractivity contribution in [1.82, 2.24) is 10.2 Å². The van der Waals surface area contributed by atoms with Crippen LogP contribution in [0.15, 0.2) is 11.4 Å². The van der Waals surface area contributed by atoms with Crippen LogP contribution in [0.1, 0.15) is 16.5 Å². The molecule has 0 spiro atoms. The summed E-state index contributed by atoms with van der Waals surface area (Å²) in [5, 5.41) is 4.80. The van der Waals surface area contributed by atoms with Crippen LogP contribution in [-0.2, 0) is 0 Å². The first kappa shape index (κ1) is 12.9. The first-order chi connectivity index (χ1) is 8.00. The fraction of sp³-hybridized carbons (Fsp3) is 0.636. The maximum atomic E-state index is 13.2. The van der Waals surface area contributed by atoms with E-state index in [0.717, 1.165) is 5.56 Å². The van der Waals surface area contributed by atoms with Gasteiger partial charge in [0.2, 0.25) is 0 Å². The van der Waals surface area contributed by atoms with Crippen LogP contribution in [0.3, 0.4) is 0 Å². The third kappa shape index (κ3) is 2.81. The molecule has 2 nitrogen and oxygen atoms in total. The zero-order valence-corrected chi connectivity index (χ0v) is 10.4. The van der Waals surface area contributed by atoms with Crippen molar-refractivity contribution in [3.05, 3.63) is 21.9 Å². The van der Waals surface area contributed by atoms with E-state index in [9.17, 15) is 13.2 Å². The van der Waals surface area contributed by atoms with Gasteiger partial charge in [-0.1, -0.05) is 0 Å². The summed E-state index contributed by atoms with van der Waals surface area (Å²) in [4.78, 5) is 1.95. The van der Waals surface area contributed by atoms with Gasteiger partial charge in [-0.2, -0.15) is 13.2 Å². The van der Waals surface area contributed by atoms with Crippen molar-refractivity contribution in [3.63, 3.8) is 0 Å². The molecule has 2 rings (SSSR count). The molecule has 0 aromatic carbocycles. The highest BCUT2D eigenvalue weighted by molar-refractivity contribution is 7.10. The standard InChI is InChI=1S/C11H15F3N2S/c1-8-2-7-17-9(8)10(11(12,13)14)16-5-3-15-4-6-16/h2,7,10,15H,3-6H2,1H3/t10-/m0/s1. The Balaban J connectivity index is 2.28. The average Bonchev–Trinajstić information content (AvgIpc) is 2.65. The molecule has 1 aliphatic rings. The first-order valence-electron chi connectivity index (χ1n) is 5.55. The van der Waals surface area contributed by atoms with Crippen molar-refractivity contribution in [1.29, 1.82) is 0 Å². The maximum absolute atomic E-state index is 13.2. The van der Waals surface area contributed by atoms with Crippen molar-refractivity contribution in [3.8, 4) is 0 Å². The fourth-order valence-corrected chi connectivity index (χ4v) is 3.21.